The predicted octanol–water partition coefficient (Wildman–Crippen LogP) is 4.68. The third kappa shape index (κ3) is 5.34. The fraction of sp³-hybridized carbons (Fsp3) is 0.571. The first kappa shape index (κ1) is 19.9. The lowest BCUT2D eigenvalue weighted by atomic mass is 9.99. The van der Waals surface area contributed by atoms with Crippen molar-refractivity contribution >= 4 is 17.5 Å². The van der Waals surface area contributed by atoms with Crippen LogP contribution in [0.25, 0.3) is 0 Å². The fourth-order valence-electron chi connectivity index (χ4n) is 3.23. The van der Waals surface area contributed by atoms with Crippen LogP contribution < -0.4 is 4.74 Å². The molecule has 1 aromatic heterocycles. The molecule has 0 aliphatic heterocycles. The molecule has 1 aromatic carbocycles. The third-order valence-corrected chi connectivity index (χ3v) is 6.08. The molecule has 0 spiro atoms. The van der Waals surface area contributed by atoms with E-state index < -0.39 is 0 Å². The average Bonchev–Trinajstić information content (AvgIpc) is 3.03. The van der Waals surface area contributed by atoms with Gasteiger partial charge in [-0.1, -0.05) is 51.1 Å². The molecule has 1 aliphatic rings. The van der Waals surface area contributed by atoms with E-state index in [0.717, 1.165) is 49.0 Å². The van der Waals surface area contributed by atoms with Gasteiger partial charge < -0.3 is 9.30 Å². The SMILES string of the molecule is CCc1ccc(OCc2nnc(S[C@@H]3CCCCC3=O)n2CC(C)C)cc1. The van der Waals surface area contributed by atoms with Crippen molar-refractivity contribution in [3.63, 3.8) is 0 Å². The average molecular weight is 388 g/mol. The molecule has 1 heterocycles. The highest BCUT2D eigenvalue weighted by Crippen LogP contribution is 2.31. The number of ether oxygens (including phenoxy) is 1. The highest BCUT2D eigenvalue weighted by atomic mass is 32.2. The Hall–Kier alpha value is -1.82. The number of hydrogen-bond acceptors (Lipinski definition) is 5. The number of aromatic nitrogens is 3. The lowest BCUT2D eigenvalue weighted by molar-refractivity contribution is -0.119. The van der Waals surface area contributed by atoms with Crippen LogP contribution in [0.3, 0.4) is 0 Å². The van der Waals surface area contributed by atoms with Gasteiger partial charge in [-0.2, -0.15) is 0 Å². The molecule has 1 fully saturated rings. The van der Waals surface area contributed by atoms with Gasteiger partial charge in [0, 0.05) is 13.0 Å². The van der Waals surface area contributed by atoms with Crippen LogP contribution in [0.4, 0.5) is 0 Å². The molecule has 0 unspecified atom stereocenters. The number of thioether (sulfide) groups is 1. The summed E-state index contributed by atoms with van der Waals surface area (Å²) in [6.45, 7) is 7.69. The van der Waals surface area contributed by atoms with Gasteiger partial charge in [0.15, 0.2) is 11.0 Å². The minimum absolute atomic E-state index is 0.0178. The Labute approximate surface area is 165 Å². The zero-order chi connectivity index (χ0) is 19.2. The molecule has 1 aliphatic carbocycles. The summed E-state index contributed by atoms with van der Waals surface area (Å²) in [7, 11) is 0. The van der Waals surface area contributed by atoms with E-state index in [2.05, 4.69) is 47.7 Å². The number of ketones is 1. The quantitative estimate of drug-likeness (QED) is 0.658. The van der Waals surface area contributed by atoms with Gasteiger partial charge in [-0.15, -0.1) is 10.2 Å². The maximum atomic E-state index is 12.2. The van der Waals surface area contributed by atoms with E-state index in [-0.39, 0.29) is 5.25 Å². The number of hydrogen-bond donors (Lipinski definition) is 0. The highest BCUT2D eigenvalue weighted by molar-refractivity contribution is 8.00. The van der Waals surface area contributed by atoms with Crippen LogP contribution in [0.5, 0.6) is 5.75 Å². The summed E-state index contributed by atoms with van der Waals surface area (Å²) >= 11 is 1.57. The van der Waals surface area contributed by atoms with Gasteiger partial charge in [0.05, 0.1) is 5.25 Å². The summed E-state index contributed by atoms with van der Waals surface area (Å²) < 4.78 is 8.06. The second-order valence-corrected chi connectivity index (χ2v) is 8.68. The van der Waals surface area contributed by atoms with Crippen molar-refractivity contribution in [1.29, 1.82) is 0 Å². The van der Waals surface area contributed by atoms with Crippen molar-refractivity contribution < 1.29 is 9.53 Å². The number of nitrogens with zero attached hydrogens (tertiary/aromatic N) is 3. The van der Waals surface area contributed by atoms with Crippen molar-refractivity contribution in [2.75, 3.05) is 0 Å². The maximum absolute atomic E-state index is 12.2. The van der Waals surface area contributed by atoms with Crippen molar-refractivity contribution in [2.45, 2.75) is 76.4 Å². The monoisotopic (exact) mass is 387 g/mol. The molecule has 6 heteroatoms. The molecule has 0 saturated heterocycles. The van der Waals surface area contributed by atoms with Crippen molar-refractivity contribution in [2.24, 2.45) is 5.92 Å². The first-order valence-corrected chi connectivity index (χ1v) is 10.8. The summed E-state index contributed by atoms with van der Waals surface area (Å²) in [4.78, 5) is 12.2. The minimum Gasteiger partial charge on any atom is -0.486 e. The number of carbonyl (C=O) groups is 1. The molecule has 27 heavy (non-hydrogen) atoms. The second-order valence-electron chi connectivity index (χ2n) is 7.51. The van der Waals surface area contributed by atoms with E-state index in [1.165, 1.54) is 5.56 Å². The summed E-state index contributed by atoms with van der Waals surface area (Å²) in [6, 6.07) is 8.17. The largest absolute Gasteiger partial charge is 0.486 e. The molecule has 0 radical (unpaired) electrons. The van der Waals surface area contributed by atoms with Crippen LogP contribution in [-0.4, -0.2) is 25.8 Å². The molecule has 1 saturated carbocycles. The molecule has 1 atom stereocenters. The molecular weight excluding hydrogens is 358 g/mol. The summed E-state index contributed by atoms with van der Waals surface area (Å²) in [5.74, 6) is 2.46. The van der Waals surface area contributed by atoms with Gasteiger partial charge >= 0.3 is 0 Å². The van der Waals surface area contributed by atoms with Gasteiger partial charge in [0.25, 0.3) is 0 Å². The van der Waals surface area contributed by atoms with E-state index in [1.807, 2.05) is 12.1 Å². The first-order valence-electron chi connectivity index (χ1n) is 9.90. The van der Waals surface area contributed by atoms with E-state index >= 15 is 0 Å². The van der Waals surface area contributed by atoms with Crippen molar-refractivity contribution in [3.8, 4) is 5.75 Å². The Balaban J connectivity index is 1.71. The lowest BCUT2D eigenvalue weighted by Crippen LogP contribution is -2.22. The zero-order valence-electron chi connectivity index (χ0n) is 16.5. The Bertz CT molecular complexity index is 755. The standard InChI is InChI=1S/C21H29N3O2S/c1-4-16-9-11-17(12-10-16)26-14-20-22-23-21(24(20)13-15(2)3)27-19-8-6-5-7-18(19)25/h9-12,15,19H,4-8,13-14H2,1-3H3/t19-/m1/s1. The van der Waals surface area contributed by atoms with Crippen LogP contribution in [0.15, 0.2) is 29.4 Å². The van der Waals surface area contributed by atoms with E-state index in [1.54, 1.807) is 11.8 Å². The first-order chi connectivity index (χ1) is 13.1. The Kier molecular flexibility index (Phi) is 6.94. The topological polar surface area (TPSA) is 57.0 Å². The van der Waals surface area contributed by atoms with Crippen LogP contribution >= 0.6 is 11.8 Å². The number of Topliss-reactive ketones (excluding diaryl/α,β-unsaturated/α-hetero) is 1. The predicted molar refractivity (Wildman–Crippen MR) is 108 cm³/mol. The molecule has 146 valence electrons. The summed E-state index contributed by atoms with van der Waals surface area (Å²) in [5.41, 5.74) is 1.29. The van der Waals surface area contributed by atoms with Gasteiger partial charge in [0.1, 0.15) is 18.1 Å². The van der Waals surface area contributed by atoms with Gasteiger partial charge in [-0.25, -0.2) is 0 Å². The number of benzene rings is 1. The van der Waals surface area contributed by atoms with E-state index in [9.17, 15) is 4.79 Å². The number of rotatable bonds is 8. The van der Waals surface area contributed by atoms with Crippen LogP contribution in [0, 0.1) is 5.92 Å². The molecule has 3 rings (SSSR count). The van der Waals surface area contributed by atoms with Gasteiger partial charge in [-0.05, 0) is 42.9 Å². The lowest BCUT2D eigenvalue weighted by Gasteiger charge is -2.20. The molecule has 2 aromatic rings. The van der Waals surface area contributed by atoms with Crippen molar-refractivity contribution in [1.82, 2.24) is 14.8 Å². The third-order valence-electron chi connectivity index (χ3n) is 4.79. The van der Waals surface area contributed by atoms with Gasteiger partial charge in [-0.3, -0.25) is 4.79 Å². The van der Waals surface area contributed by atoms with E-state index in [0.29, 0.717) is 24.7 Å². The molecule has 0 N–H and O–H groups in total. The summed E-state index contributed by atoms with van der Waals surface area (Å²) in [5, 5.41) is 9.60. The maximum Gasteiger partial charge on any atom is 0.192 e. The van der Waals surface area contributed by atoms with Crippen LogP contribution in [0.1, 0.15) is 57.8 Å². The Morgan fingerprint density at radius 1 is 1.22 bits per heavy atom. The Morgan fingerprint density at radius 2 is 2.00 bits per heavy atom. The molecular formula is C21H29N3O2S. The Morgan fingerprint density at radius 3 is 2.67 bits per heavy atom. The highest BCUT2D eigenvalue weighted by Gasteiger charge is 2.26. The normalized spacial score (nSPS) is 17.5. The zero-order valence-corrected chi connectivity index (χ0v) is 17.3. The number of aryl methyl sites for hydroxylation is 1. The smallest absolute Gasteiger partial charge is 0.192 e. The molecule has 5 nitrogen and oxygen atoms in total. The fourth-order valence-corrected chi connectivity index (χ4v) is 4.42. The molecule has 0 amide bonds. The minimum atomic E-state index is 0.0178. The molecule has 0 bridgehead atoms. The van der Waals surface area contributed by atoms with Crippen LogP contribution in [-0.2, 0) is 24.4 Å². The second kappa shape index (κ2) is 9.40. The summed E-state index contributed by atoms with van der Waals surface area (Å²) in [6.07, 6.45) is 4.78. The van der Waals surface area contributed by atoms with Crippen molar-refractivity contribution in [3.05, 3.63) is 35.7 Å². The number of carbonyl (C=O) groups excluding carboxylic acids is 1. The van der Waals surface area contributed by atoms with E-state index in [4.69, 9.17) is 4.74 Å². The van der Waals surface area contributed by atoms with Gasteiger partial charge in [0.2, 0.25) is 0 Å². The van der Waals surface area contributed by atoms with Crippen LogP contribution in [0.2, 0.25) is 0 Å².